The summed E-state index contributed by atoms with van der Waals surface area (Å²) in [6, 6.07) is 8.94. The number of furan rings is 1. The summed E-state index contributed by atoms with van der Waals surface area (Å²) in [5, 5.41) is 4.07. The Labute approximate surface area is 120 Å². The van der Waals surface area contributed by atoms with Gasteiger partial charge in [0, 0.05) is 17.1 Å². The fourth-order valence-electron chi connectivity index (χ4n) is 2.05. The summed E-state index contributed by atoms with van der Waals surface area (Å²) in [4.78, 5) is 16.2. The number of nitrogens with one attached hydrogen (secondary N) is 1. The summed E-state index contributed by atoms with van der Waals surface area (Å²) in [5.41, 5.74) is 1.91. The van der Waals surface area contributed by atoms with Gasteiger partial charge in [-0.2, -0.15) is 0 Å². The number of aromatic nitrogens is 1. The third-order valence-corrected chi connectivity index (χ3v) is 3.34. The number of halogens is 1. The van der Waals surface area contributed by atoms with Gasteiger partial charge in [-0.3, -0.25) is 9.78 Å². The van der Waals surface area contributed by atoms with E-state index >= 15 is 0 Å². The van der Waals surface area contributed by atoms with E-state index in [2.05, 4.69) is 10.3 Å². The molecule has 0 aliphatic heterocycles. The standard InChI is InChI=1S/C15H11ClN2O2/c1-9-11-5-2-6-12(16)14(11)20-13(9)15(19)18-10-4-3-7-17-8-10/h2-8H,1H3,(H,18,19). The van der Waals surface area contributed by atoms with Crippen molar-refractivity contribution in [2.75, 3.05) is 5.32 Å². The van der Waals surface area contributed by atoms with Gasteiger partial charge in [0.2, 0.25) is 0 Å². The number of hydrogen-bond acceptors (Lipinski definition) is 3. The highest BCUT2D eigenvalue weighted by Gasteiger charge is 2.19. The van der Waals surface area contributed by atoms with Gasteiger partial charge in [-0.05, 0) is 25.1 Å². The van der Waals surface area contributed by atoms with Crippen molar-refractivity contribution >= 4 is 34.2 Å². The molecule has 1 N–H and O–H groups in total. The third-order valence-electron chi connectivity index (χ3n) is 3.04. The zero-order valence-corrected chi connectivity index (χ0v) is 11.4. The molecule has 0 fully saturated rings. The predicted molar refractivity (Wildman–Crippen MR) is 78.2 cm³/mol. The van der Waals surface area contributed by atoms with Gasteiger partial charge in [0.25, 0.3) is 5.91 Å². The largest absolute Gasteiger partial charge is 0.449 e. The average molecular weight is 287 g/mol. The molecule has 4 nitrogen and oxygen atoms in total. The van der Waals surface area contributed by atoms with Gasteiger partial charge in [0.1, 0.15) is 0 Å². The third kappa shape index (κ3) is 2.14. The van der Waals surface area contributed by atoms with Gasteiger partial charge in [0.15, 0.2) is 11.3 Å². The van der Waals surface area contributed by atoms with Crippen LogP contribution in [0.4, 0.5) is 5.69 Å². The van der Waals surface area contributed by atoms with Crippen LogP contribution in [0.1, 0.15) is 16.1 Å². The van der Waals surface area contributed by atoms with E-state index in [1.54, 1.807) is 30.6 Å². The van der Waals surface area contributed by atoms with Gasteiger partial charge >= 0.3 is 0 Å². The second kappa shape index (κ2) is 4.98. The Bertz CT molecular complexity index is 781. The first kappa shape index (κ1) is 12.7. The maximum Gasteiger partial charge on any atom is 0.291 e. The fraction of sp³-hybridized carbons (Fsp3) is 0.0667. The van der Waals surface area contributed by atoms with E-state index in [1.807, 2.05) is 19.1 Å². The van der Waals surface area contributed by atoms with Crippen LogP contribution < -0.4 is 5.32 Å². The SMILES string of the molecule is Cc1c(C(=O)Nc2cccnc2)oc2c(Cl)cccc12. The van der Waals surface area contributed by atoms with Crippen molar-refractivity contribution in [1.29, 1.82) is 0 Å². The van der Waals surface area contributed by atoms with Crippen molar-refractivity contribution in [3.05, 3.63) is 59.1 Å². The van der Waals surface area contributed by atoms with Crippen LogP contribution in [-0.2, 0) is 0 Å². The highest BCUT2D eigenvalue weighted by atomic mass is 35.5. The topological polar surface area (TPSA) is 55.1 Å². The molecule has 0 aliphatic carbocycles. The van der Waals surface area contributed by atoms with Crippen molar-refractivity contribution in [1.82, 2.24) is 4.98 Å². The van der Waals surface area contributed by atoms with Gasteiger partial charge < -0.3 is 9.73 Å². The number of hydrogen-bond donors (Lipinski definition) is 1. The number of carbonyl (C=O) groups is 1. The van der Waals surface area contributed by atoms with Crippen LogP contribution in [0, 0.1) is 6.92 Å². The van der Waals surface area contributed by atoms with Crippen LogP contribution in [-0.4, -0.2) is 10.9 Å². The summed E-state index contributed by atoms with van der Waals surface area (Å²) < 4.78 is 5.60. The van der Waals surface area contributed by atoms with Crippen molar-refractivity contribution in [2.24, 2.45) is 0 Å². The van der Waals surface area contributed by atoms with E-state index in [1.165, 1.54) is 0 Å². The molecule has 0 unspecified atom stereocenters. The van der Waals surface area contributed by atoms with Crippen LogP contribution in [0.2, 0.25) is 5.02 Å². The summed E-state index contributed by atoms with van der Waals surface area (Å²) in [6.45, 7) is 1.83. The summed E-state index contributed by atoms with van der Waals surface area (Å²) >= 11 is 6.07. The van der Waals surface area contributed by atoms with Crippen LogP contribution in [0.3, 0.4) is 0 Å². The summed E-state index contributed by atoms with van der Waals surface area (Å²) in [7, 11) is 0. The minimum absolute atomic E-state index is 0.261. The summed E-state index contributed by atoms with van der Waals surface area (Å²) in [6.07, 6.45) is 3.21. The van der Waals surface area contributed by atoms with Crippen LogP contribution >= 0.6 is 11.6 Å². The number of fused-ring (bicyclic) bond motifs is 1. The first-order valence-corrected chi connectivity index (χ1v) is 6.43. The predicted octanol–water partition coefficient (Wildman–Crippen LogP) is 4.04. The second-order valence-corrected chi connectivity index (χ2v) is 4.78. The molecule has 1 amide bonds. The molecule has 0 saturated heterocycles. The number of para-hydroxylation sites is 1. The molecular formula is C15H11ClN2O2. The molecule has 2 aromatic heterocycles. The van der Waals surface area contributed by atoms with Crippen molar-refractivity contribution in [2.45, 2.75) is 6.92 Å². The van der Waals surface area contributed by atoms with Gasteiger partial charge in [0.05, 0.1) is 16.9 Å². The van der Waals surface area contributed by atoms with Crippen molar-refractivity contribution in [3.63, 3.8) is 0 Å². The summed E-state index contributed by atoms with van der Waals surface area (Å²) in [5.74, 6) is -0.0558. The first-order valence-electron chi connectivity index (χ1n) is 6.06. The molecule has 0 atom stereocenters. The number of pyridine rings is 1. The number of carbonyl (C=O) groups excluding carboxylic acids is 1. The van der Waals surface area contributed by atoms with Crippen molar-refractivity contribution < 1.29 is 9.21 Å². The molecule has 20 heavy (non-hydrogen) atoms. The lowest BCUT2D eigenvalue weighted by molar-refractivity contribution is 0.0998. The molecule has 0 radical (unpaired) electrons. The minimum Gasteiger partial charge on any atom is -0.449 e. The number of aryl methyl sites for hydroxylation is 1. The van der Waals surface area contributed by atoms with Gasteiger partial charge in [-0.1, -0.05) is 23.7 Å². The van der Waals surface area contributed by atoms with Crippen LogP contribution in [0.25, 0.3) is 11.0 Å². The number of rotatable bonds is 2. The Morgan fingerprint density at radius 3 is 2.85 bits per heavy atom. The normalized spacial score (nSPS) is 10.7. The molecule has 1 aromatic carbocycles. The molecule has 100 valence electrons. The molecule has 5 heteroatoms. The highest BCUT2D eigenvalue weighted by Crippen LogP contribution is 2.30. The van der Waals surface area contributed by atoms with Crippen LogP contribution in [0.15, 0.2) is 47.1 Å². The molecule has 0 saturated carbocycles. The Hall–Kier alpha value is -2.33. The average Bonchev–Trinajstić information content (AvgIpc) is 2.79. The lowest BCUT2D eigenvalue weighted by Gasteiger charge is -2.02. The van der Waals surface area contributed by atoms with E-state index < -0.39 is 0 Å². The smallest absolute Gasteiger partial charge is 0.291 e. The minimum atomic E-state index is -0.317. The Morgan fingerprint density at radius 2 is 2.15 bits per heavy atom. The van der Waals surface area contributed by atoms with E-state index in [9.17, 15) is 4.79 Å². The molecule has 0 aliphatic rings. The molecule has 0 bridgehead atoms. The monoisotopic (exact) mass is 286 g/mol. The lowest BCUT2D eigenvalue weighted by atomic mass is 10.1. The number of anilines is 1. The van der Waals surface area contributed by atoms with Gasteiger partial charge in [-0.25, -0.2) is 0 Å². The fourth-order valence-corrected chi connectivity index (χ4v) is 2.26. The lowest BCUT2D eigenvalue weighted by Crippen LogP contribution is -2.12. The maximum atomic E-state index is 12.2. The molecule has 2 heterocycles. The quantitative estimate of drug-likeness (QED) is 0.773. The van der Waals surface area contributed by atoms with Gasteiger partial charge in [-0.15, -0.1) is 0 Å². The zero-order chi connectivity index (χ0) is 14.1. The van der Waals surface area contributed by atoms with E-state index in [0.717, 1.165) is 10.9 Å². The number of amides is 1. The van der Waals surface area contributed by atoms with E-state index in [4.69, 9.17) is 16.0 Å². The molecule has 0 spiro atoms. The van der Waals surface area contributed by atoms with E-state index in [0.29, 0.717) is 16.3 Å². The molecular weight excluding hydrogens is 276 g/mol. The Balaban J connectivity index is 2.00. The highest BCUT2D eigenvalue weighted by molar-refractivity contribution is 6.35. The Morgan fingerprint density at radius 1 is 1.30 bits per heavy atom. The zero-order valence-electron chi connectivity index (χ0n) is 10.7. The maximum absolute atomic E-state index is 12.2. The number of nitrogens with zero attached hydrogens (tertiary/aromatic N) is 1. The second-order valence-electron chi connectivity index (χ2n) is 4.37. The number of benzene rings is 1. The van der Waals surface area contributed by atoms with Crippen molar-refractivity contribution in [3.8, 4) is 0 Å². The van der Waals surface area contributed by atoms with E-state index in [-0.39, 0.29) is 11.7 Å². The Kier molecular flexibility index (Phi) is 3.16. The molecule has 3 aromatic rings. The molecule has 3 rings (SSSR count). The van der Waals surface area contributed by atoms with Crippen LogP contribution in [0.5, 0.6) is 0 Å². The first-order chi connectivity index (χ1) is 9.66.